The minimum absolute atomic E-state index is 0.0757. The van der Waals surface area contributed by atoms with Crippen LogP contribution in [-0.4, -0.2) is 15.3 Å². The fraction of sp³-hybridized carbons (Fsp3) is 0.0455. The molecule has 0 unspecified atom stereocenters. The van der Waals surface area contributed by atoms with Gasteiger partial charge in [-0.2, -0.15) is 5.10 Å². The summed E-state index contributed by atoms with van der Waals surface area (Å²) in [5.41, 5.74) is 2.22. The van der Waals surface area contributed by atoms with E-state index in [1.807, 2.05) is 54.6 Å². The molecule has 0 aliphatic heterocycles. The van der Waals surface area contributed by atoms with Crippen molar-refractivity contribution in [3.05, 3.63) is 89.0 Å². The van der Waals surface area contributed by atoms with Gasteiger partial charge in [-0.25, -0.2) is 0 Å². The average Bonchev–Trinajstić information content (AvgIpc) is 3.17. The summed E-state index contributed by atoms with van der Waals surface area (Å²) in [6.45, 7) is 0.431. The quantitative estimate of drug-likeness (QED) is 0.393. The number of aromatic hydroxyl groups is 1. The molecule has 0 aliphatic carbocycles. The van der Waals surface area contributed by atoms with Gasteiger partial charge in [-0.3, -0.25) is 5.10 Å². The average molecular weight is 437 g/mol. The Bertz CT molecular complexity index is 1080. The zero-order valence-corrected chi connectivity index (χ0v) is 16.4. The van der Waals surface area contributed by atoms with E-state index in [-0.39, 0.29) is 5.75 Å². The Morgan fingerprint density at radius 3 is 2.50 bits per heavy atom. The van der Waals surface area contributed by atoms with Crippen molar-refractivity contribution in [3.8, 4) is 34.3 Å². The molecule has 5 nitrogen and oxygen atoms in total. The van der Waals surface area contributed by atoms with Gasteiger partial charge in [-0.1, -0.05) is 42.5 Å². The molecular weight excluding hydrogens is 420 g/mol. The third kappa shape index (κ3) is 4.02. The van der Waals surface area contributed by atoms with E-state index in [1.165, 1.54) is 0 Å². The Labute approximate surface area is 170 Å². The van der Waals surface area contributed by atoms with E-state index >= 15 is 0 Å². The van der Waals surface area contributed by atoms with Crippen LogP contribution in [0.1, 0.15) is 5.56 Å². The second kappa shape index (κ2) is 8.19. The summed E-state index contributed by atoms with van der Waals surface area (Å²) in [5.74, 6) is 1.83. The highest BCUT2D eigenvalue weighted by Crippen LogP contribution is 2.39. The van der Waals surface area contributed by atoms with Crippen molar-refractivity contribution in [3.63, 3.8) is 0 Å². The number of aromatic amines is 1. The van der Waals surface area contributed by atoms with Gasteiger partial charge in [0.25, 0.3) is 0 Å². The molecule has 140 valence electrons. The second-order valence-corrected chi connectivity index (χ2v) is 6.95. The van der Waals surface area contributed by atoms with Crippen LogP contribution in [0.25, 0.3) is 11.3 Å². The first kappa shape index (κ1) is 18.1. The van der Waals surface area contributed by atoms with Crippen LogP contribution in [0.5, 0.6) is 23.0 Å². The molecule has 2 N–H and O–H groups in total. The van der Waals surface area contributed by atoms with Crippen LogP contribution < -0.4 is 9.47 Å². The molecular formula is C22H17BrN2O3. The van der Waals surface area contributed by atoms with E-state index in [4.69, 9.17) is 9.47 Å². The van der Waals surface area contributed by atoms with Gasteiger partial charge in [0, 0.05) is 11.6 Å². The number of para-hydroxylation sites is 1. The topological polar surface area (TPSA) is 67.4 Å². The molecule has 1 aromatic heterocycles. The van der Waals surface area contributed by atoms with Crippen LogP contribution in [0, 0.1) is 0 Å². The van der Waals surface area contributed by atoms with Gasteiger partial charge in [-0.05, 0) is 45.8 Å². The third-order valence-electron chi connectivity index (χ3n) is 4.15. The van der Waals surface area contributed by atoms with E-state index in [2.05, 4.69) is 26.1 Å². The highest BCUT2D eigenvalue weighted by Gasteiger charge is 2.15. The molecule has 0 bridgehead atoms. The predicted molar refractivity (Wildman–Crippen MR) is 111 cm³/mol. The van der Waals surface area contributed by atoms with E-state index in [1.54, 1.807) is 24.4 Å². The number of aromatic nitrogens is 2. The van der Waals surface area contributed by atoms with Crippen molar-refractivity contribution in [2.75, 3.05) is 0 Å². The number of benzene rings is 3. The van der Waals surface area contributed by atoms with Gasteiger partial charge in [-0.15, -0.1) is 0 Å². The summed E-state index contributed by atoms with van der Waals surface area (Å²) < 4.78 is 12.5. The molecule has 6 heteroatoms. The Hall–Kier alpha value is -3.25. The minimum Gasteiger partial charge on any atom is -0.507 e. The number of nitrogens with one attached hydrogen (secondary N) is 1. The first-order valence-corrected chi connectivity index (χ1v) is 9.46. The molecule has 0 spiro atoms. The maximum atomic E-state index is 10.5. The molecule has 3 aromatic carbocycles. The first-order valence-electron chi connectivity index (χ1n) is 8.66. The van der Waals surface area contributed by atoms with Crippen LogP contribution in [0.3, 0.4) is 0 Å². The van der Waals surface area contributed by atoms with Crippen molar-refractivity contribution in [1.82, 2.24) is 10.2 Å². The van der Waals surface area contributed by atoms with Crippen molar-refractivity contribution >= 4 is 15.9 Å². The van der Waals surface area contributed by atoms with Crippen molar-refractivity contribution in [2.45, 2.75) is 6.61 Å². The highest BCUT2D eigenvalue weighted by molar-refractivity contribution is 9.10. The van der Waals surface area contributed by atoms with Gasteiger partial charge in [0.1, 0.15) is 29.5 Å². The summed E-state index contributed by atoms with van der Waals surface area (Å²) in [4.78, 5) is 0. The zero-order valence-electron chi connectivity index (χ0n) is 14.8. The normalized spacial score (nSPS) is 10.6. The van der Waals surface area contributed by atoms with Crippen LogP contribution in [0.15, 0.2) is 83.5 Å². The largest absolute Gasteiger partial charge is 0.507 e. The smallest absolute Gasteiger partial charge is 0.173 e. The lowest BCUT2D eigenvalue weighted by Crippen LogP contribution is -1.95. The molecule has 0 atom stereocenters. The molecule has 0 saturated carbocycles. The van der Waals surface area contributed by atoms with Crippen LogP contribution >= 0.6 is 15.9 Å². The van der Waals surface area contributed by atoms with Crippen LogP contribution in [0.2, 0.25) is 0 Å². The summed E-state index contributed by atoms with van der Waals surface area (Å²) in [5, 5.41) is 17.5. The Balaban J connectivity index is 1.54. The van der Waals surface area contributed by atoms with Crippen molar-refractivity contribution in [2.24, 2.45) is 0 Å². The van der Waals surface area contributed by atoms with E-state index in [0.717, 1.165) is 10.0 Å². The first-order chi connectivity index (χ1) is 13.7. The second-order valence-electron chi connectivity index (χ2n) is 6.09. The molecule has 0 radical (unpaired) electrons. The van der Waals surface area contributed by atoms with Crippen LogP contribution in [0.4, 0.5) is 0 Å². The lowest BCUT2D eigenvalue weighted by molar-refractivity contribution is 0.304. The fourth-order valence-corrected chi connectivity index (χ4v) is 3.11. The summed E-state index contributed by atoms with van der Waals surface area (Å²) in [6.07, 6.45) is 1.58. The van der Waals surface area contributed by atoms with E-state index in [9.17, 15) is 5.11 Å². The lowest BCUT2D eigenvalue weighted by Gasteiger charge is -2.11. The SMILES string of the molecule is Oc1cc(OCc2ccccc2)ccc1-c1[nH]ncc1Oc1ccccc1Br. The summed E-state index contributed by atoms with van der Waals surface area (Å²) >= 11 is 3.46. The Morgan fingerprint density at radius 2 is 1.71 bits per heavy atom. The molecule has 0 saturated heterocycles. The summed E-state index contributed by atoms with van der Waals surface area (Å²) in [7, 11) is 0. The molecule has 0 amide bonds. The summed E-state index contributed by atoms with van der Waals surface area (Å²) in [6, 6.07) is 22.6. The zero-order chi connectivity index (χ0) is 19.3. The van der Waals surface area contributed by atoms with E-state index < -0.39 is 0 Å². The van der Waals surface area contributed by atoms with Crippen LogP contribution in [-0.2, 0) is 6.61 Å². The number of ether oxygens (including phenoxy) is 2. The fourth-order valence-electron chi connectivity index (χ4n) is 2.74. The number of phenols is 1. The molecule has 0 fully saturated rings. The third-order valence-corrected chi connectivity index (χ3v) is 4.80. The monoisotopic (exact) mass is 436 g/mol. The van der Waals surface area contributed by atoms with E-state index in [0.29, 0.717) is 35.1 Å². The molecule has 4 aromatic rings. The minimum atomic E-state index is 0.0757. The maximum Gasteiger partial charge on any atom is 0.173 e. The van der Waals surface area contributed by atoms with Crippen molar-refractivity contribution < 1.29 is 14.6 Å². The Morgan fingerprint density at radius 1 is 0.929 bits per heavy atom. The number of phenolic OH excluding ortho intramolecular Hbond substituents is 1. The van der Waals surface area contributed by atoms with Gasteiger partial charge in [0.2, 0.25) is 0 Å². The Kier molecular flexibility index (Phi) is 5.30. The maximum absolute atomic E-state index is 10.5. The van der Waals surface area contributed by atoms with Gasteiger partial charge < -0.3 is 14.6 Å². The molecule has 0 aliphatic rings. The molecule has 28 heavy (non-hydrogen) atoms. The standard InChI is InChI=1S/C22H17BrN2O3/c23-18-8-4-5-9-20(18)28-21-13-24-25-22(21)17-11-10-16(12-19(17)26)27-14-15-6-2-1-3-7-15/h1-13,26H,14H2,(H,24,25). The number of nitrogens with zero attached hydrogens (tertiary/aromatic N) is 1. The van der Waals surface area contributed by atoms with Crippen molar-refractivity contribution in [1.29, 1.82) is 0 Å². The highest BCUT2D eigenvalue weighted by atomic mass is 79.9. The van der Waals surface area contributed by atoms with Gasteiger partial charge in [0.05, 0.1) is 10.7 Å². The molecule has 4 rings (SSSR count). The molecule has 1 heterocycles. The lowest BCUT2D eigenvalue weighted by atomic mass is 10.1. The number of hydrogen-bond acceptors (Lipinski definition) is 4. The number of halogens is 1. The number of H-pyrrole nitrogens is 1. The number of hydrogen-bond donors (Lipinski definition) is 2. The predicted octanol–water partition coefficient (Wildman–Crippen LogP) is 5.92. The van der Waals surface area contributed by atoms with Gasteiger partial charge in [0.15, 0.2) is 5.75 Å². The number of rotatable bonds is 6. The van der Waals surface area contributed by atoms with Gasteiger partial charge >= 0.3 is 0 Å².